The van der Waals surface area contributed by atoms with Gasteiger partial charge in [-0.3, -0.25) is 9.78 Å². The Hall–Kier alpha value is -2.55. The maximum atomic E-state index is 13.4. The summed E-state index contributed by atoms with van der Waals surface area (Å²) < 4.78 is 0. The topological polar surface area (TPSA) is 86.5 Å². The van der Waals surface area contributed by atoms with Crippen molar-refractivity contribution in [3.05, 3.63) is 65.1 Å². The highest BCUT2D eigenvalue weighted by Gasteiger charge is 2.30. The minimum Gasteiger partial charge on any atom is -0.393 e. The Balaban J connectivity index is 1.31. The van der Waals surface area contributed by atoms with Gasteiger partial charge in [-0.05, 0) is 62.9 Å². The molecule has 2 aromatic rings. The zero-order chi connectivity index (χ0) is 23.5. The fraction of sp³-hybridized carbons (Fsp3) is 0.462. The molecule has 180 valence electrons. The average Bonchev–Trinajstić information content (AvgIpc) is 3.56. The number of nitrogens with zero attached hydrogens (tertiary/aromatic N) is 3. The fourth-order valence-electron chi connectivity index (χ4n) is 5.31. The lowest BCUT2D eigenvalue weighted by molar-refractivity contribution is -0.128. The Labute approximate surface area is 206 Å². The Kier molecular flexibility index (Phi) is 7.08. The standard InChI is InChI=1S/C26H34N6OS/c1-18-6-4-8-21-22(29-30-24(18)21)17-34-25(19-7-5-11-28-16-19)23(27)26(33)32-14-9-20(10-15-32)31-12-2-3-13-31/h4-8,11,16,20,22,29-30H,2-3,9-10,12-15,17,27H2,1H3/b25-23-. The summed E-state index contributed by atoms with van der Waals surface area (Å²) in [7, 11) is 0. The molecule has 1 aromatic heterocycles. The van der Waals surface area contributed by atoms with Crippen LogP contribution in [0.3, 0.4) is 0 Å². The number of likely N-dealkylation sites (tertiary alicyclic amines) is 2. The SMILES string of the molecule is Cc1cccc2c1NNC2CS/C(=C(\N)C(=O)N1CCC(N2CCCC2)CC1)c1cccnc1. The van der Waals surface area contributed by atoms with Gasteiger partial charge in [0, 0.05) is 47.7 Å². The van der Waals surface area contributed by atoms with E-state index in [0.29, 0.717) is 11.7 Å². The third kappa shape index (κ3) is 4.80. The van der Waals surface area contributed by atoms with Crippen LogP contribution in [0.4, 0.5) is 5.69 Å². The van der Waals surface area contributed by atoms with Crippen LogP contribution < -0.4 is 16.6 Å². The molecular formula is C26H34N6OS. The van der Waals surface area contributed by atoms with E-state index < -0.39 is 0 Å². The fourth-order valence-corrected chi connectivity index (χ4v) is 6.44. The van der Waals surface area contributed by atoms with Crippen LogP contribution in [0, 0.1) is 6.92 Å². The van der Waals surface area contributed by atoms with Crippen molar-refractivity contribution in [1.82, 2.24) is 20.2 Å². The van der Waals surface area contributed by atoms with Gasteiger partial charge in [-0.25, -0.2) is 5.43 Å². The quantitative estimate of drug-likeness (QED) is 0.548. The van der Waals surface area contributed by atoms with Crippen molar-refractivity contribution in [3.8, 4) is 0 Å². The number of carbonyl (C=O) groups is 1. The van der Waals surface area contributed by atoms with E-state index in [9.17, 15) is 4.79 Å². The van der Waals surface area contributed by atoms with Crippen LogP contribution in [0.5, 0.6) is 0 Å². The van der Waals surface area contributed by atoms with Crippen LogP contribution >= 0.6 is 11.8 Å². The zero-order valence-electron chi connectivity index (χ0n) is 19.8. The van der Waals surface area contributed by atoms with Crippen LogP contribution in [0.2, 0.25) is 0 Å². The van der Waals surface area contributed by atoms with Crippen molar-refractivity contribution in [1.29, 1.82) is 0 Å². The van der Waals surface area contributed by atoms with Crippen molar-refractivity contribution in [2.24, 2.45) is 5.73 Å². The number of hydrogen-bond donors (Lipinski definition) is 3. The Morgan fingerprint density at radius 1 is 1.15 bits per heavy atom. The molecule has 4 N–H and O–H groups in total. The average molecular weight is 479 g/mol. The van der Waals surface area contributed by atoms with Crippen LogP contribution in [0.1, 0.15) is 48.4 Å². The van der Waals surface area contributed by atoms with E-state index in [1.165, 1.54) is 37.1 Å². The molecule has 8 heteroatoms. The zero-order valence-corrected chi connectivity index (χ0v) is 20.6. The predicted molar refractivity (Wildman–Crippen MR) is 139 cm³/mol. The normalized spacial score (nSPS) is 21.8. The first-order chi connectivity index (χ1) is 16.6. The summed E-state index contributed by atoms with van der Waals surface area (Å²) in [6, 6.07) is 10.9. The number of amides is 1. The van der Waals surface area contributed by atoms with Gasteiger partial charge in [0.25, 0.3) is 5.91 Å². The molecular weight excluding hydrogens is 444 g/mol. The minimum absolute atomic E-state index is 0.0556. The molecule has 34 heavy (non-hydrogen) atoms. The van der Waals surface area contributed by atoms with Gasteiger partial charge in [-0.15, -0.1) is 11.8 Å². The van der Waals surface area contributed by atoms with Crippen LogP contribution in [0.15, 0.2) is 48.4 Å². The summed E-state index contributed by atoms with van der Waals surface area (Å²) in [4.78, 5) is 23.1. The molecule has 0 aliphatic carbocycles. The largest absolute Gasteiger partial charge is 0.393 e. The van der Waals surface area contributed by atoms with Gasteiger partial charge < -0.3 is 21.0 Å². The lowest BCUT2D eigenvalue weighted by Crippen LogP contribution is -2.47. The van der Waals surface area contributed by atoms with Crippen LogP contribution in [-0.4, -0.2) is 58.7 Å². The molecule has 2 fully saturated rings. The summed E-state index contributed by atoms with van der Waals surface area (Å²) in [5, 5.41) is 0. The second-order valence-electron chi connectivity index (χ2n) is 9.42. The number of rotatable bonds is 6. The molecule has 5 rings (SSSR count). The molecule has 7 nitrogen and oxygen atoms in total. The van der Waals surface area contributed by atoms with E-state index in [2.05, 4.69) is 45.9 Å². The first-order valence-corrected chi connectivity index (χ1v) is 13.3. The third-order valence-corrected chi connectivity index (χ3v) is 8.50. The van der Waals surface area contributed by atoms with Gasteiger partial charge in [0.2, 0.25) is 0 Å². The molecule has 0 spiro atoms. The van der Waals surface area contributed by atoms with Crippen molar-refractivity contribution in [2.75, 3.05) is 37.4 Å². The Bertz CT molecular complexity index is 1040. The maximum absolute atomic E-state index is 13.4. The van der Waals surface area contributed by atoms with E-state index in [1.54, 1.807) is 24.2 Å². The molecule has 2 saturated heterocycles. The number of para-hydroxylation sites is 1. The molecule has 1 aromatic carbocycles. The van der Waals surface area contributed by atoms with Gasteiger partial charge in [-0.2, -0.15) is 0 Å². The second-order valence-corrected chi connectivity index (χ2v) is 10.5. The van der Waals surface area contributed by atoms with Crippen molar-refractivity contribution >= 4 is 28.3 Å². The minimum atomic E-state index is -0.0556. The van der Waals surface area contributed by atoms with Crippen molar-refractivity contribution in [2.45, 2.75) is 44.7 Å². The smallest absolute Gasteiger partial charge is 0.270 e. The Morgan fingerprint density at radius 2 is 1.94 bits per heavy atom. The molecule has 1 atom stereocenters. The van der Waals surface area contributed by atoms with E-state index >= 15 is 0 Å². The number of aryl methyl sites for hydroxylation is 1. The lowest BCUT2D eigenvalue weighted by Gasteiger charge is -2.36. The number of carbonyl (C=O) groups excluding carboxylic acids is 1. The molecule has 0 radical (unpaired) electrons. The molecule has 3 aliphatic heterocycles. The van der Waals surface area contributed by atoms with Gasteiger partial charge in [0.15, 0.2) is 0 Å². The molecule has 4 heterocycles. The number of pyridine rings is 1. The number of fused-ring (bicyclic) bond motifs is 1. The number of hydrazine groups is 1. The number of aromatic nitrogens is 1. The van der Waals surface area contributed by atoms with Gasteiger partial charge in [-0.1, -0.05) is 24.3 Å². The van der Waals surface area contributed by atoms with E-state index in [1.807, 2.05) is 17.0 Å². The number of hydrogen-bond acceptors (Lipinski definition) is 7. The second kappa shape index (κ2) is 10.4. The number of benzene rings is 1. The van der Waals surface area contributed by atoms with E-state index in [0.717, 1.165) is 47.8 Å². The maximum Gasteiger partial charge on any atom is 0.270 e. The highest BCUT2D eigenvalue weighted by Crippen LogP contribution is 2.37. The number of thioether (sulfide) groups is 1. The number of nitrogens with one attached hydrogen (secondary N) is 2. The number of nitrogens with two attached hydrogens (primary N) is 1. The molecule has 0 bridgehead atoms. The van der Waals surface area contributed by atoms with Crippen molar-refractivity contribution in [3.63, 3.8) is 0 Å². The van der Waals surface area contributed by atoms with E-state index in [-0.39, 0.29) is 11.9 Å². The number of piperidine rings is 1. The van der Waals surface area contributed by atoms with Crippen molar-refractivity contribution < 1.29 is 4.79 Å². The monoisotopic (exact) mass is 478 g/mol. The summed E-state index contributed by atoms with van der Waals surface area (Å²) in [6.45, 7) is 6.05. The third-order valence-electron chi connectivity index (χ3n) is 7.25. The van der Waals surface area contributed by atoms with Gasteiger partial charge in [0.05, 0.1) is 11.7 Å². The lowest BCUT2D eigenvalue weighted by atomic mass is 10.0. The van der Waals surface area contributed by atoms with Gasteiger partial charge in [0.1, 0.15) is 5.70 Å². The number of anilines is 1. The van der Waals surface area contributed by atoms with Crippen LogP contribution in [0.25, 0.3) is 4.91 Å². The molecule has 0 saturated carbocycles. The highest BCUT2D eigenvalue weighted by atomic mass is 32.2. The summed E-state index contributed by atoms with van der Waals surface area (Å²) in [6.07, 6.45) is 8.20. The summed E-state index contributed by atoms with van der Waals surface area (Å²) in [5.74, 6) is 0.693. The molecule has 3 aliphatic rings. The molecule has 1 amide bonds. The summed E-state index contributed by atoms with van der Waals surface area (Å²) >= 11 is 1.62. The van der Waals surface area contributed by atoms with E-state index in [4.69, 9.17) is 5.73 Å². The predicted octanol–water partition coefficient (Wildman–Crippen LogP) is 3.51. The van der Waals surface area contributed by atoms with Crippen LogP contribution in [-0.2, 0) is 4.79 Å². The van der Waals surface area contributed by atoms with Gasteiger partial charge >= 0.3 is 0 Å². The summed E-state index contributed by atoms with van der Waals surface area (Å²) in [5.41, 5.74) is 18.1. The highest BCUT2D eigenvalue weighted by molar-refractivity contribution is 8.08. The first kappa shape index (κ1) is 23.2. The Morgan fingerprint density at radius 3 is 2.68 bits per heavy atom. The first-order valence-electron chi connectivity index (χ1n) is 12.3. The molecule has 1 unspecified atom stereocenters.